The zero-order valence-electron chi connectivity index (χ0n) is 19.0. The molecule has 2 heterocycles. The van der Waals surface area contributed by atoms with Crippen LogP contribution in [0.5, 0.6) is 34.5 Å². The van der Waals surface area contributed by atoms with E-state index in [1.54, 1.807) is 6.07 Å². The van der Waals surface area contributed by atoms with Crippen LogP contribution in [0.1, 0.15) is 68.4 Å². The second-order valence-electron chi connectivity index (χ2n) is 9.91. The van der Waals surface area contributed by atoms with Crippen LogP contribution in [0.15, 0.2) is 6.07 Å². The molecule has 0 amide bonds. The molecular formula is C25H32O5. The highest BCUT2D eigenvalue weighted by Gasteiger charge is 2.35. The summed E-state index contributed by atoms with van der Waals surface area (Å²) in [6.07, 6.45) is 3.08. The zero-order chi connectivity index (χ0) is 22.0. The minimum Gasteiger partial charge on any atom is -0.504 e. The molecule has 0 aromatic heterocycles. The third-order valence-electron chi connectivity index (χ3n) is 6.43. The van der Waals surface area contributed by atoms with E-state index in [2.05, 4.69) is 27.7 Å². The lowest BCUT2D eigenvalue weighted by Gasteiger charge is -2.36. The number of phenols is 2. The topological polar surface area (TPSA) is 68.2 Å². The van der Waals surface area contributed by atoms with E-state index in [0.717, 1.165) is 65.0 Å². The van der Waals surface area contributed by atoms with Crippen molar-refractivity contribution in [3.8, 4) is 34.5 Å². The molecule has 5 heteroatoms. The summed E-state index contributed by atoms with van der Waals surface area (Å²) in [6, 6.07) is 1.67. The van der Waals surface area contributed by atoms with Gasteiger partial charge < -0.3 is 24.4 Å². The van der Waals surface area contributed by atoms with Gasteiger partial charge in [-0.1, -0.05) is 0 Å². The van der Waals surface area contributed by atoms with Gasteiger partial charge in [-0.3, -0.25) is 0 Å². The lowest BCUT2D eigenvalue weighted by atomic mass is 9.90. The van der Waals surface area contributed by atoms with Crippen molar-refractivity contribution in [1.29, 1.82) is 0 Å². The average molecular weight is 413 g/mol. The summed E-state index contributed by atoms with van der Waals surface area (Å²) in [7, 11) is 0. The molecule has 4 rings (SSSR count). The van der Waals surface area contributed by atoms with E-state index in [1.807, 2.05) is 20.8 Å². The highest BCUT2D eigenvalue weighted by atomic mass is 16.5. The molecule has 0 spiro atoms. The van der Waals surface area contributed by atoms with Crippen LogP contribution in [-0.4, -0.2) is 21.4 Å². The normalized spacial score (nSPS) is 18.6. The van der Waals surface area contributed by atoms with Crippen molar-refractivity contribution in [2.45, 2.75) is 85.4 Å². The van der Waals surface area contributed by atoms with Crippen molar-refractivity contribution in [3.05, 3.63) is 33.9 Å². The summed E-state index contributed by atoms with van der Waals surface area (Å²) in [5, 5.41) is 21.7. The highest BCUT2D eigenvalue weighted by Crippen LogP contribution is 2.52. The Labute approximate surface area is 178 Å². The first-order chi connectivity index (χ1) is 13.9. The molecule has 2 aliphatic heterocycles. The van der Waals surface area contributed by atoms with E-state index in [9.17, 15) is 10.2 Å². The smallest absolute Gasteiger partial charge is 0.176 e. The van der Waals surface area contributed by atoms with Crippen LogP contribution in [0.4, 0.5) is 0 Å². The summed E-state index contributed by atoms with van der Waals surface area (Å²) in [5.41, 5.74) is 3.66. The summed E-state index contributed by atoms with van der Waals surface area (Å²) < 4.78 is 18.8. The fourth-order valence-electron chi connectivity index (χ4n) is 4.39. The molecule has 0 fully saturated rings. The third-order valence-corrected chi connectivity index (χ3v) is 6.43. The first-order valence-electron chi connectivity index (χ1n) is 10.7. The molecular weight excluding hydrogens is 380 g/mol. The second kappa shape index (κ2) is 6.73. The van der Waals surface area contributed by atoms with Gasteiger partial charge in [0.25, 0.3) is 0 Å². The molecule has 0 radical (unpaired) electrons. The summed E-state index contributed by atoms with van der Waals surface area (Å²) in [4.78, 5) is 0. The fourth-order valence-corrected chi connectivity index (χ4v) is 4.39. The summed E-state index contributed by atoms with van der Waals surface area (Å²) >= 11 is 0. The number of aromatic hydroxyl groups is 2. The minimum atomic E-state index is -0.275. The molecule has 0 saturated heterocycles. The maximum absolute atomic E-state index is 11.0. The second-order valence-corrected chi connectivity index (χ2v) is 9.91. The van der Waals surface area contributed by atoms with Crippen molar-refractivity contribution in [2.24, 2.45) is 0 Å². The summed E-state index contributed by atoms with van der Waals surface area (Å²) in [5.74, 6) is 2.41. The number of hydrogen-bond donors (Lipinski definition) is 2. The van der Waals surface area contributed by atoms with Gasteiger partial charge in [-0.05, 0) is 91.3 Å². The number of fused-ring (bicyclic) bond motifs is 2. The van der Waals surface area contributed by atoms with Gasteiger partial charge in [-0.2, -0.15) is 0 Å². The predicted octanol–water partition coefficient (Wildman–Crippen LogP) is 6.02. The third kappa shape index (κ3) is 3.34. The van der Waals surface area contributed by atoms with E-state index < -0.39 is 0 Å². The Hall–Kier alpha value is -2.56. The van der Waals surface area contributed by atoms with Crippen LogP contribution in [0.25, 0.3) is 0 Å². The first-order valence-corrected chi connectivity index (χ1v) is 10.7. The van der Waals surface area contributed by atoms with Crippen LogP contribution in [0, 0.1) is 20.8 Å². The van der Waals surface area contributed by atoms with E-state index in [4.69, 9.17) is 14.2 Å². The van der Waals surface area contributed by atoms with E-state index in [-0.39, 0.29) is 22.7 Å². The number of ether oxygens (including phenoxy) is 3. The molecule has 0 bridgehead atoms. The van der Waals surface area contributed by atoms with E-state index in [1.165, 1.54) is 0 Å². The van der Waals surface area contributed by atoms with Crippen molar-refractivity contribution < 1.29 is 24.4 Å². The number of hydrogen-bond acceptors (Lipinski definition) is 5. The van der Waals surface area contributed by atoms with Gasteiger partial charge in [-0.25, -0.2) is 0 Å². The Morgan fingerprint density at radius 1 is 0.800 bits per heavy atom. The zero-order valence-corrected chi connectivity index (χ0v) is 19.0. The van der Waals surface area contributed by atoms with Crippen molar-refractivity contribution in [3.63, 3.8) is 0 Å². The van der Waals surface area contributed by atoms with Gasteiger partial charge in [-0.15, -0.1) is 0 Å². The molecule has 2 N–H and O–H groups in total. The maximum Gasteiger partial charge on any atom is 0.176 e. The Morgan fingerprint density at radius 3 is 1.93 bits per heavy atom. The number of phenolic OH excluding ortho intramolecular Hbond substituents is 2. The Balaban J connectivity index is 1.86. The van der Waals surface area contributed by atoms with E-state index in [0.29, 0.717) is 11.5 Å². The van der Waals surface area contributed by atoms with Gasteiger partial charge in [0, 0.05) is 16.7 Å². The van der Waals surface area contributed by atoms with Gasteiger partial charge in [0.05, 0.1) is 0 Å². The fraction of sp³-hybridized carbons (Fsp3) is 0.520. The molecule has 2 aromatic rings. The highest BCUT2D eigenvalue weighted by molar-refractivity contribution is 5.66. The molecule has 162 valence electrons. The number of aryl methyl sites for hydroxylation is 1. The van der Waals surface area contributed by atoms with Gasteiger partial charge in [0.1, 0.15) is 22.7 Å². The van der Waals surface area contributed by atoms with Crippen molar-refractivity contribution in [2.75, 3.05) is 0 Å². The van der Waals surface area contributed by atoms with Crippen LogP contribution in [0.3, 0.4) is 0 Å². The monoisotopic (exact) mass is 412 g/mol. The molecule has 30 heavy (non-hydrogen) atoms. The van der Waals surface area contributed by atoms with Crippen molar-refractivity contribution in [1.82, 2.24) is 0 Å². The van der Waals surface area contributed by atoms with Gasteiger partial charge in [0.2, 0.25) is 0 Å². The Bertz CT molecular complexity index is 1030. The first kappa shape index (κ1) is 20.7. The molecule has 0 atom stereocenters. The molecule has 2 aromatic carbocycles. The van der Waals surface area contributed by atoms with Gasteiger partial charge in [0.15, 0.2) is 23.0 Å². The quantitative estimate of drug-likeness (QED) is 0.631. The largest absolute Gasteiger partial charge is 0.504 e. The Morgan fingerprint density at radius 2 is 1.33 bits per heavy atom. The van der Waals surface area contributed by atoms with E-state index >= 15 is 0 Å². The molecule has 5 nitrogen and oxygen atoms in total. The SMILES string of the molecule is Cc1cc(O)c(Oc2c(O)c(C)c(C)c3c2CCC(C)(C)O3)c2c1OC(C)(C)CC2. The molecule has 2 aliphatic rings. The maximum atomic E-state index is 11.0. The Kier molecular flexibility index (Phi) is 4.64. The van der Waals surface area contributed by atoms with Crippen LogP contribution < -0.4 is 14.2 Å². The van der Waals surface area contributed by atoms with Crippen LogP contribution >= 0.6 is 0 Å². The lowest BCUT2D eigenvalue weighted by Crippen LogP contribution is -2.33. The minimum absolute atomic E-state index is 0.0537. The van der Waals surface area contributed by atoms with Crippen molar-refractivity contribution >= 4 is 0 Å². The standard InChI is InChI=1S/C25H32O5/c1-13-12-18(26)22(16-8-10-24(4,5)29-20(13)16)28-23-17-9-11-25(6,7)30-21(17)15(3)14(2)19(23)27/h12,26-27H,8-11H2,1-7H3. The number of benzene rings is 2. The van der Waals surface area contributed by atoms with Gasteiger partial charge >= 0.3 is 0 Å². The van der Waals surface area contributed by atoms with Crippen LogP contribution in [0.2, 0.25) is 0 Å². The molecule has 0 saturated carbocycles. The molecule has 0 aliphatic carbocycles. The average Bonchev–Trinajstić information content (AvgIpc) is 2.65. The summed E-state index contributed by atoms with van der Waals surface area (Å²) in [6.45, 7) is 14.0. The number of rotatable bonds is 2. The predicted molar refractivity (Wildman–Crippen MR) is 117 cm³/mol. The van der Waals surface area contributed by atoms with Crippen LogP contribution in [-0.2, 0) is 12.8 Å². The molecule has 0 unspecified atom stereocenters. The lowest BCUT2D eigenvalue weighted by molar-refractivity contribution is 0.0814.